The number of halogens is 1. The van der Waals surface area contributed by atoms with E-state index in [1.165, 1.54) is 11.1 Å². The summed E-state index contributed by atoms with van der Waals surface area (Å²) in [7, 11) is 0. The number of nitrogens with zero attached hydrogens (tertiary/aromatic N) is 2. The van der Waals surface area contributed by atoms with E-state index in [0.717, 1.165) is 22.6 Å². The molecule has 96 valence electrons. The summed E-state index contributed by atoms with van der Waals surface area (Å²) < 4.78 is 2.06. The number of alkyl halides is 1. The summed E-state index contributed by atoms with van der Waals surface area (Å²) in [5, 5.41) is 0. The predicted molar refractivity (Wildman–Crippen MR) is 79.7 cm³/mol. The average molecular weight is 271 g/mol. The zero-order valence-electron chi connectivity index (χ0n) is 11.0. The molecule has 0 aliphatic carbocycles. The van der Waals surface area contributed by atoms with E-state index in [1.54, 1.807) is 0 Å². The van der Waals surface area contributed by atoms with Crippen LogP contribution in [-0.4, -0.2) is 9.38 Å². The van der Waals surface area contributed by atoms with Crippen LogP contribution in [0.2, 0.25) is 0 Å². The Morgan fingerprint density at radius 1 is 1.05 bits per heavy atom. The standard InChI is InChI=1S/C16H15ClN2/c1-11-3-5-13(6-4-11)16-14(10-17)19-8-7-12(2)9-15(19)18-16/h3-9H,10H2,1-2H3. The van der Waals surface area contributed by atoms with Gasteiger partial charge in [0.05, 0.1) is 17.3 Å². The second kappa shape index (κ2) is 4.71. The van der Waals surface area contributed by atoms with Crippen molar-refractivity contribution in [1.82, 2.24) is 9.38 Å². The van der Waals surface area contributed by atoms with Crippen molar-refractivity contribution in [3.8, 4) is 11.3 Å². The van der Waals surface area contributed by atoms with Gasteiger partial charge in [0, 0.05) is 11.8 Å². The number of rotatable bonds is 2. The fraction of sp³-hybridized carbons (Fsp3) is 0.188. The van der Waals surface area contributed by atoms with E-state index in [2.05, 4.69) is 54.6 Å². The fourth-order valence-corrected chi connectivity index (χ4v) is 2.52. The van der Waals surface area contributed by atoms with E-state index >= 15 is 0 Å². The highest BCUT2D eigenvalue weighted by Gasteiger charge is 2.12. The summed E-state index contributed by atoms with van der Waals surface area (Å²) in [6.07, 6.45) is 2.03. The highest BCUT2D eigenvalue weighted by Crippen LogP contribution is 2.26. The molecule has 0 N–H and O–H groups in total. The number of aromatic nitrogens is 2. The zero-order valence-corrected chi connectivity index (χ0v) is 11.8. The summed E-state index contributed by atoms with van der Waals surface area (Å²) in [5.74, 6) is 0.452. The maximum atomic E-state index is 6.11. The van der Waals surface area contributed by atoms with Crippen molar-refractivity contribution >= 4 is 17.2 Å². The Bertz CT molecular complexity index is 726. The van der Waals surface area contributed by atoms with Gasteiger partial charge in [0.15, 0.2) is 0 Å². The van der Waals surface area contributed by atoms with Crippen LogP contribution in [-0.2, 0) is 5.88 Å². The third-order valence-electron chi connectivity index (χ3n) is 3.33. The molecule has 2 aromatic heterocycles. The normalized spacial score (nSPS) is 11.1. The quantitative estimate of drug-likeness (QED) is 0.633. The Morgan fingerprint density at radius 2 is 1.79 bits per heavy atom. The van der Waals surface area contributed by atoms with Crippen LogP contribution in [0.15, 0.2) is 42.6 Å². The summed E-state index contributed by atoms with van der Waals surface area (Å²) in [6, 6.07) is 12.5. The first-order chi connectivity index (χ1) is 9.19. The predicted octanol–water partition coefficient (Wildman–Crippen LogP) is 4.36. The summed E-state index contributed by atoms with van der Waals surface area (Å²) in [6.45, 7) is 4.15. The van der Waals surface area contributed by atoms with Crippen molar-refractivity contribution in [1.29, 1.82) is 0 Å². The van der Waals surface area contributed by atoms with Crippen molar-refractivity contribution in [3.05, 3.63) is 59.4 Å². The van der Waals surface area contributed by atoms with Crippen molar-refractivity contribution in [2.75, 3.05) is 0 Å². The van der Waals surface area contributed by atoms with Crippen molar-refractivity contribution in [2.24, 2.45) is 0 Å². The molecule has 19 heavy (non-hydrogen) atoms. The lowest BCUT2D eigenvalue weighted by Crippen LogP contribution is -1.91. The zero-order chi connectivity index (χ0) is 13.4. The lowest BCUT2D eigenvalue weighted by atomic mass is 10.1. The van der Waals surface area contributed by atoms with E-state index in [1.807, 2.05) is 6.20 Å². The molecule has 3 aromatic rings. The van der Waals surface area contributed by atoms with Gasteiger partial charge in [-0.1, -0.05) is 29.8 Å². The maximum absolute atomic E-state index is 6.11. The number of hydrogen-bond acceptors (Lipinski definition) is 1. The summed E-state index contributed by atoms with van der Waals surface area (Å²) in [4.78, 5) is 4.72. The number of imidazole rings is 1. The SMILES string of the molecule is Cc1ccc(-c2nc3cc(C)ccn3c2CCl)cc1. The van der Waals surface area contributed by atoms with Crippen LogP contribution < -0.4 is 0 Å². The van der Waals surface area contributed by atoms with Crippen LogP contribution in [0.4, 0.5) is 0 Å². The Balaban J connectivity index is 2.25. The summed E-state index contributed by atoms with van der Waals surface area (Å²) in [5.41, 5.74) is 6.53. The van der Waals surface area contributed by atoms with Crippen LogP contribution in [0.3, 0.4) is 0 Å². The third-order valence-corrected chi connectivity index (χ3v) is 3.59. The van der Waals surface area contributed by atoms with E-state index in [4.69, 9.17) is 16.6 Å². The molecule has 3 heteroatoms. The molecule has 0 aliphatic rings. The van der Waals surface area contributed by atoms with Gasteiger partial charge in [0.25, 0.3) is 0 Å². The number of aryl methyl sites for hydroxylation is 2. The van der Waals surface area contributed by atoms with Crippen LogP contribution in [0.1, 0.15) is 16.8 Å². The molecular weight excluding hydrogens is 256 g/mol. The van der Waals surface area contributed by atoms with Gasteiger partial charge in [-0.25, -0.2) is 4.98 Å². The molecule has 2 nitrogen and oxygen atoms in total. The topological polar surface area (TPSA) is 17.3 Å². The molecule has 0 amide bonds. The largest absolute Gasteiger partial charge is 0.302 e. The Morgan fingerprint density at radius 3 is 2.47 bits per heavy atom. The molecule has 0 saturated carbocycles. The van der Waals surface area contributed by atoms with Crippen LogP contribution in [0.25, 0.3) is 16.9 Å². The second-order valence-electron chi connectivity index (χ2n) is 4.84. The lowest BCUT2D eigenvalue weighted by Gasteiger charge is -2.02. The van der Waals surface area contributed by atoms with Crippen LogP contribution in [0, 0.1) is 13.8 Å². The number of fused-ring (bicyclic) bond motifs is 1. The fourth-order valence-electron chi connectivity index (χ4n) is 2.27. The maximum Gasteiger partial charge on any atom is 0.137 e. The Labute approximate surface area is 117 Å². The van der Waals surface area contributed by atoms with E-state index in [-0.39, 0.29) is 0 Å². The molecule has 0 saturated heterocycles. The van der Waals surface area contributed by atoms with Gasteiger partial charge in [0.1, 0.15) is 5.65 Å². The average Bonchev–Trinajstić information content (AvgIpc) is 2.77. The third kappa shape index (κ3) is 2.13. The number of pyridine rings is 1. The first-order valence-electron chi connectivity index (χ1n) is 6.29. The molecule has 0 spiro atoms. The molecule has 3 rings (SSSR count). The van der Waals surface area contributed by atoms with Gasteiger partial charge in [-0.2, -0.15) is 0 Å². The monoisotopic (exact) mass is 270 g/mol. The van der Waals surface area contributed by atoms with E-state index < -0.39 is 0 Å². The minimum atomic E-state index is 0.452. The highest BCUT2D eigenvalue weighted by atomic mass is 35.5. The van der Waals surface area contributed by atoms with Gasteiger partial charge >= 0.3 is 0 Å². The molecule has 0 radical (unpaired) electrons. The van der Waals surface area contributed by atoms with Gasteiger partial charge in [-0.15, -0.1) is 11.6 Å². The van der Waals surface area contributed by atoms with Crippen molar-refractivity contribution in [2.45, 2.75) is 19.7 Å². The molecule has 1 aromatic carbocycles. The number of benzene rings is 1. The van der Waals surface area contributed by atoms with Gasteiger partial charge in [0.2, 0.25) is 0 Å². The molecule has 2 heterocycles. The van der Waals surface area contributed by atoms with Crippen LogP contribution in [0.5, 0.6) is 0 Å². The molecular formula is C16H15ClN2. The first-order valence-corrected chi connectivity index (χ1v) is 6.83. The molecule has 0 unspecified atom stereocenters. The van der Waals surface area contributed by atoms with E-state index in [9.17, 15) is 0 Å². The molecule has 0 fully saturated rings. The summed E-state index contributed by atoms with van der Waals surface area (Å²) >= 11 is 6.11. The lowest BCUT2D eigenvalue weighted by molar-refractivity contribution is 1.08. The van der Waals surface area contributed by atoms with Crippen molar-refractivity contribution < 1.29 is 0 Å². The smallest absolute Gasteiger partial charge is 0.137 e. The van der Waals surface area contributed by atoms with Gasteiger partial charge in [-0.3, -0.25) is 0 Å². The number of hydrogen-bond donors (Lipinski definition) is 0. The minimum Gasteiger partial charge on any atom is -0.302 e. The molecule has 0 bridgehead atoms. The first kappa shape index (κ1) is 12.2. The second-order valence-corrected chi connectivity index (χ2v) is 5.11. The minimum absolute atomic E-state index is 0.452. The van der Waals surface area contributed by atoms with Crippen molar-refractivity contribution in [3.63, 3.8) is 0 Å². The Hall–Kier alpha value is -1.80. The Kier molecular flexibility index (Phi) is 3.03. The highest BCUT2D eigenvalue weighted by molar-refractivity contribution is 6.17. The van der Waals surface area contributed by atoms with Gasteiger partial charge < -0.3 is 4.40 Å². The molecule has 0 atom stereocenters. The van der Waals surface area contributed by atoms with E-state index in [0.29, 0.717) is 5.88 Å². The molecule has 0 aliphatic heterocycles. The van der Waals surface area contributed by atoms with Crippen LogP contribution >= 0.6 is 11.6 Å². The van der Waals surface area contributed by atoms with Gasteiger partial charge in [-0.05, 0) is 31.5 Å².